The quantitative estimate of drug-likeness (QED) is 0.449. The van der Waals surface area contributed by atoms with Crippen LogP contribution in [0.25, 0.3) is 16.7 Å². The predicted octanol–water partition coefficient (Wildman–Crippen LogP) is 2.17. The standard InChI is InChI=1S/C23H23N7O3/c1-3-29-21(31)18-13-26-23(27-16-5-4-15-12-24-8-6-14(15)10-16)28-20(18)30(29)17-7-9-25-19(11-17)22(32)33-2/h4-5,7,9-11,13,24H,3,6,8,12H2,1-2H3,(H,26,27,28). The van der Waals surface area contributed by atoms with Gasteiger partial charge >= 0.3 is 5.97 Å². The van der Waals surface area contributed by atoms with E-state index in [2.05, 4.69) is 37.7 Å². The maximum atomic E-state index is 13.0. The number of ether oxygens (including phenoxy) is 1. The zero-order chi connectivity index (χ0) is 22.9. The molecule has 0 radical (unpaired) electrons. The molecule has 0 saturated carbocycles. The van der Waals surface area contributed by atoms with E-state index in [1.165, 1.54) is 30.6 Å². The van der Waals surface area contributed by atoms with E-state index in [4.69, 9.17) is 4.74 Å². The van der Waals surface area contributed by atoms with Crippen molar-refractivity contribution in [3.63, 3.8) is 0 Å². The molecule has 0 spiro atoms. The second-order valence-electron chi connectivity index (χ2n) is 7.69. The van der Waals surface area contributed by atoms with Crippen LogP contribution in [0, 0.1) is 0 Å². The van der Waals surface area contributed by atoms with Crippen molar-refractivity contribution in [2.24, 2.45) is 0 Å². The minimum atomic E-state index is -0.557. The first-order valence-corrected chi connectivity index (χ1v) is 10.7. The number of methoxy groups -OCH3 is 1. The van der Waals surface area contributed by atoms with Crippen molar-refractivity contribution in [1.29, 1.82) is 0 Å². The molecule has 33 heavy (non-hydrogen) atoms. The monoisotopic (exact) mass is 445 g/mol. The summed E-state index contributed by atoms with van der Waals surface area (Å²) in [6.07, 6.45) is 3.99. The van der Waals surface area contributed by atoms with Crippen LogP contribution in [0.15, 0.2) is 47.5 Å². The number of benzene rings is 1. The molecule has 0 fully saturated rings. The molecule has 0 saturated heterocycles. The first-order chi connectivity index (χ1) is 16.1. The number of nitrogens with zero attached hydrogens (tertiary/aromatic N) is 5. The second kappa shape index (κ2) is 8.47. The van der Waals surface area contributed by atoms with E-state index in [9.17, 15) is 9.59 Å². The SMILES string of the molecule is CCn1c(=O)c2cnc(Nc3ccc4c(c3)CCNC4)nc2n1-c1ccnc(C(=O)OC)c1. The van der Waals surface area contributed by atoms with Gasteiger partial charge in [-0.2, -0.15) is 4.98 Å². The number of rotatable bonds is 5. The van der Waals surface area contributed by atoms with Gasteiger partial charge in [0.25, 0.3) is 5.56 Å². The third kappa shape index (κ3) is 3.74. The number of aromatic nitrogens is 5. The van der Waals surface area contributed by atoms with Gasteiger partial charge in [-0.05, 0) is 55.3 Å². The van der Waals surface area contributed by atoms with Gasteiger partial charge < -0.3 is 15.4 Å². The smallest absolute Gasteiger partial charge is 0.356 e. The van der Waals surface area contributed by atoms with Gasteiger partial charge in [0.2, 0.25) is 5.95 Å². The van der Waals surface area contributed by atoms with E-state index in [0.29, 0.717) is 29.2 Å². The number of esters is 1. The van der Waals surface area contributed by atoms with Gasteiger partial charge in [-0.25, -0.2) is 24.1 Å². The summed E-state index contributed by atoms with van der Waals surface area (Å²) in [6, 6.07) is 9.49. The van der Waals surface area contributed by atoms with Crippen molar-refractivity contribution in [2.45, 2.75) is 26.4 Å². The van der Waals surface area contributed by atoms with E-state index in [-0.39, 0.29) is 11.3 Å². The Hall–Kier alpha value is -4.05. The first kappa shape index (κ1) is 20.8. The van der Waals surface area contributed by atoms with Crippen LogP contribution in [0.3, 0.4) is 0 Å². The van der Waals surface area contributed by atoms with Crippen LogP contribution in [0.1, 0.15) is 28.5 Å². The van der Waals surface area contributed by atoms with Crippen molar-refractivity contribution in [3.05, 3.63) is 69.9 Å². The lowest BCUT2D eigenvalue weighted by Crippen LogP contribution is -2.23. The average molecular weight is 445 g/mol. The molecule has 5 rings (SSSR count). The predicted molar refractivity (Wildman–Crippen MR) is 123 cm³/mol. The van der Waals surface area contributed by atoms with E-state index in [1.807, 2.05) is 13.0 Å². The molecule has 0 atom stereocenters. The van der Waals surface area contributed by atoms with Gasteiger partial charge in [0, 0.05) is 31.2 Å². The molecule has 2 N–H and O–H groups in total. The molecule has 1 aliphatic heterocycles. The molecule has 1 aliphatic rings. The van der Waals surface area contributed by atoms with Gasteiger partial charge in [0.1, 0.15) is 11.1 Å². The van der Waals surface area contributed by atoms with Crippen molar-refractivity contribution >= 4 is 28.6 Å². The van der Waals surface area contributed by atoms with E-state index >= 15 is 0 Å². The van der Waals surface area contributed by atoms with Crippen LogP contribution in [0.4, 0.5) is 11.6 Å². The highest BCUT2D eigenvalue weighted by Gasteiger charge is 2.18. The lowest BCUT2D eigenvalue weighted by Gasteiger charge is -2.18. The Morgan fingerprint density at radius 1 is 1.21 bits per heavy atom. The Morgan fingerprint density at radius 2 is 2.09 bits per heavy atom. The Morgan fingerprint density at radius 3 is 2.91 bits per heavy atom. The fourth-order valence-electron chi connectivity index (χ4n) is 4.09. The zero-order valence-corrected chi connectivity index (χ0v) is 18.3. The van der Waals surface area contributed by atoms with E-state index in [0.717, 1.165) is 25.2 Å². The number of carbonyl (C=O) groups excluding carboxylic acids is 1. The second-order valence-corrected chi connectivity index (χ2v) is 7.69. The number of hydrogen-bond donors (Lipinski definition) is 2. The summed E-state index contributed by atoms with van der Waals surface area (Å²) < 4.78 is 8.01. The summed E-state index contributed by atoms with van der Waals surface area (Å²) in [5.74, 6) is -0.182. The molecule has 4 heterocycles. The van der Waals surface area contributed by atoms with Gasteiger partial charge in [-0.15, -0.1) is 0 Å². The van der Waals surface area contributed by atoms with Gasteiger partial charge in [-0.1, -0.05) is 6.07 Å². The van der Waals surface area contributed by atoms with Crippen LogP contribution >= 0.6 is 0 Å². The van der Waals surface area contributed by atoms with Crippen molar-refractivity contribution in [2.75, 3.05) is 19.0 Å². The number of carbonyl (C=O) groups is 1. The molecule has 0 aliphatic carbocycles. The third-order valence-corrected chi connectivity index (χ3v) is 5.71. The number of hydrogen-bond acceptors (Lipinski definition) is 8. The number of nitrogens with one attached hydrogen (secondary N) is 2. The van der Waals surface area contributed by atoms with Crippen molar-refractivity contribution < 1.29 is 9.53 Å². The summed E-state index contributed by atoms with van der Waals surface area (Å²) in [4.78, 5) is 38.0. The molecule has 10 heteroatoms. The topological polar surface area (TPSA) is 116 Å². The Balaban J connectivity index is 1.59. The molecular formula is C23H23N7O3. The van der Waals surface area contributed by atoms with Gasteiger partial charge in [0.15, 0.2) is 5.65 Å². The minimum Gasteiger partial charge on any atom is -0.464 e. The molecule has 0 bridgehead atoms. The van der Waals surface area contributed by atoms with E-state index < -0.39 is 5.97 Å². The molecule has 10 nitrogen and oxygen atoms in total. The number of anilines is 2. The van der Waals surface area contributed by atoms with Crippen molar-refractivity contribution in [1.82, 2.24) is 29.6 Å². The van der Waals surface area contributed by atoms with Crippen LogP contribution in [-0.4, -0.2) is 43.9 Å². The summed E-state index contributed by atoms with van der Waals surface area (Å²) in [7, 11) is 1.30. The molecule has 4 aromatic rings. The highest BCUT2D eigenvalue weighted by molar-refractivity contribution is 5.88. The van der Waals surface area contributed by atoms with Crippen LogP contribution < -0.4 is 16.2 Å². The van der Waals surface area contributed by atoms with Crippen LogP contribution in [0.5, 0.6) is 0 Å². The first-order valence-electron chi connectivity index (χ1n) is 10.7. The normalized spacial score (nSPS) is 13.0. The maximum absolute atomic E-state index is 13.0. The number of fused-ring (bicyclic) bond motifs is 2. The fraction of sp³-hybridized carbons (Fsp3) is 0.261. The Kier molecular flexibility index (Phi) is 5.35. The zero-order valence-electron chi connectivity index (χ0n) is 18.3. The summed E-state index contributed by atoms with van der Waals surface area (Å²) in [5, 5.41) is 7.01. The van der Waals surface area contributed by atoms with E-state index in [1.54, 1.807) is 21.5 Å². The highest BCUT2D eigenvalue weighted by atomic mass is 16.5. The summed E-state index contributed by atoms with van der Waals surface area (Å²) in [6.45, 7) is 4.10. The maximum Gasteiger partial charge on any atom is 0.356 e. The van der Waals surface area contributed by atoms with Crippen LogP contribution in [-0.2, 0) is 24.2 Å². The average Bonchev–Trinajstić information content (AvgIpc) is 3.14. The van der Waals surface area contributed by atoms with Crippen LogP contribution in [0.2, 0.25) is 0 Å². The lowest BCUT2D eigenvalue weighted by molar-refractivity contribution is 0.0594. The Bertz CT molecular complexity index is 1420. The molecule has 0 amide bonds. The molecular weight excluding hydrogens is 422 g/mol. The lowest BCUT2D eigenvalue weighted by atomic mass is 10.0. The molecule has 0 unspecified atom stereocenters. The minimum absolute atomic E-state index is 0.142. The Labute approximate surface area is 189 Å². The largest absolute Gasteiger partial charge is 0.464 e. The number of pyridine rings is 1. The van der Waals surface area contributed by atoms with Gasteiger partial charge in [-0.3, -0.25) is 4.79 Å². The summed E-state index contributed by atoms with van der Waals surface area (Å²) >= 11 is 0. The molecule has 168 valence electrons. The molecule has 3 aromatic heterocycles. The van der Waals surface area contributed by atoms with Gasteiger partial charge in [0.05, 0.1) is 12.8 Å². The fourth-order valence-corrected chi connectivity index (χ4v) is 4.09. The highest BCUT2D eigenvalue weighted by Crippen LogP contribution is 2.23. The molecule has 1 aromatic carbocycles. The summed E-state index contributed by atoms with van der Waals surface area (Å²) in [5.41, 5.74) is 4.40. The van der Waals surface area contributed by atoms with Crippen molar-refractivity contribution in [3.8, 4) is 5.69 Å². The third-order valence-electron chi connectivity index (χ3n) is 5.71.